The molecule has 1 heterocycles. The van der Waals surface area contributed by atoms with Crippen LogP contribution in [0.4, 0.5) is 0 Å². The second-order valence-electron chi connectivity index (χ2n) is 5.69. The average Bonchev–Trinajstić information content (AvgIpc) is 2.55. The third-order valence-corrected chi connectivity index (χ3v) is 4.31. The number of aliphatic hydroxyl groups is 1. The molecular formula is C16H26N2O. The number of aliphatic hydroxyl groups excluding tert-OH is 1. The fraction of sp³-hybridized carbons (Fsp3) is 0.625. The van der Waals surface area contributed by atoms with Crippen LogP contribution in [0.15, 0.2) is 30.3 Å². The zero-order valence-corrected chi connectivity index (χ0v) is 12.1. The molecule has 1 aliphatic heterocycles. The molecule has 1 N–H and O–H groups in total. The van der Waals surface area contributed by atoms with Crippen molar-refractivity contribution in [3.63, 3.8) is 0 Å². The van der Waals surface area contributed by atoms with Crippen LogP contribution in [0.1, 0.15) is 25.3 Å². The van der Waals surface area contributed by atoms with E-state index in [1.165, 1.54) is 12.0 Å². The first-order valence-corrected chi connectivity index (χ1v) is 7.29. The highest BCUT2D eigenvalue weighted by atomic mass is 16.3. The van der Waals surface area contributed by atoms with Gasteiger partial charge in [-0.05, 0) is 32.4 Å². The Labute approximate surface area is 116 Å². The van der Waals surface area contributed by atoms with E-state index in [2.05, 4.69) is 54.1 Å². The summed E-state index contributed by atoms with van der Waals surface area (Å²) in [5.41, 5.74) is 1.38. The smallest absolute Gasteiger partial charge is 0.0446 e. The van der Waals surface area contributed by atoms with Crippen molar-refractivity contribution in [3.05, 3.63) is 35.9 Å². The second kappa shape index (κ2) is 7.04. The van der Waals surface area contributed by atoms with Gasteiger partial charge in [-0.1, -0.05) is 30.3 Å². The zero-order valence-electron chi connectivity index (χ0n) is 12.1. The van der Waals surface area contributed by atoms with E-state index in [1.807, 2.05) is 0 Å². The first-order valence-electron chi connectivity index (χ1n) is 7.29. The number of nitrogens with zero attached hydrogens (tertiary/aromatic N) is 2. The molecule has 0 aromatic heterocycles. The Hall–Kier alpha value is -0.900. The highest BCUT2D eigenvalue weighted by molar-refractivity contribution is 5.14. The molecule has 2 atom stereocenters. The van der Waals surface area contributed by atoms with Crippen LogP contribution in [0.5, 0.6) is 0 Å². The van der Waals surface area contributed by atoms with E-state index in [-0.39, 0.29) is 6.61 Å². The molecule has 1 aliphatic rings. The van der Waals surface area contributed by atoms with Gasteiger partial charge < -0.3 is 5.11 Å². The van der Waals surface area contributed by atoms with Crippen molar-refractivity contribution in [3.8, 4) is 0 Å². The first kappa shape index (κ1) is 14.5. The molecule has 0 bridgehead atoms. The minimum Gasteiger partial charge on any atom is -0.396 e. The van der Waals surface area contributed by atoms with E-state index in [4.69, 9.17) is 0 Å². The topological polar surface area (TPSA) is 26.7 Å². The van der Waals surface area contributed by atoms with Gasteiger partial charge in [0, 0.05) is 38.3 Å². The Kier molecular flexibility index (Phi) is 5.37. The summed E-state index contributed by atoms with van der Waals surface area (Å²) in [4.78, 5) is 4.96. The van der Waals surface area contributed by atoms with Gasteiger partial charge in [0.2, 0.25) is 0 Å². The van der Waals surface area contributed by atoms with Crippen molar-refractivity contribution in [1.29, 1.82) is 0 Å². The molecule has 1 saturated heterocycles. The van der Waals surface area contributed by atoms with E-state index >= 15 is 0 Å². The van der Waals surface area contributed by atoms with Crippen LogP contribution in [0.25, 0.3) is 0 Å². The third kappa shape index (κ3) is 4.03. The molecule has 1 fully saturated rings. The van der Waals surface area contributed by atoms with E-state index < -0.39 is 0 Å². The number of benzene rings is 1. The summed E-state index contributed by atoms with van der Waals surface area (Å²) in [6, 6.07) is 11.7. The molecule has 1 aromatic carbocycles. The van der Waals surface area contributed by atoms with Crippen molar-refractivity contribution in [2.75, 3.05) is 26.7 Å². The van der Waals surface area contributed by atoms with Crippen molar-refractivity contribution in [2.45, 2.75) is 38.4 Å². The van der Waals surface area contributed by atoms with Gasteiger partial charge in [0.25, 0.3) is 0 Å². The summed E-state index contributed by atoms with van der Waals surface area (Å²) in [7, 11) is 2.19. The third-order valence-electron chi connectivity index (χ3n) is 4.31. The van der Waals surface area contributed by atoms with Crippen LogP contribution >= 0.6 is 0 Å². The van der Waals surface area contributed by atoms with Gasteiger partial charge in [-0.3, -0.25) is 9.80 Å². The maximum absolute atomic E-state index is 9.25. The average molecular weight is 262 g/mol. The summed E-state index contributed by atoms with van der Waals surface area (Å²) in [5, 5.41) is 9.25. The molecule has 2 unspecified atom stereocenters. The Balaban J connectivity index is 2.01. The van der Waals surface area contributed by atoms with Crippen LogP contribution in [0.3, 0.4) is 0 Å². The molecule has 0 spiro atoms. The normalized spacial score (nSPS) is 26.3. The van der Waals surface area contributed by atoms with Gasteiger partial charge in [-0.25, -0.2) is 0 Å². The maximum Gasteiger partial charge on any atom is 0.0446 e. The summed E-state index contributed by atoms with van der Waals surface area (Å²) in [6.07, 6.45) is 2.07. The fourth-order valence-corrected chi connectivity index (χ4v) is 2.88. The summed E-state index contributed by atoms with van der Waals surface area (Å²) in [5.74, 6) is 0. The van der Waals surface area contributed by atoms with E-state index in [0.717, 1.165) is 26.1 Å². The van der Waals surface area contributed by atoms with Crippen molar-refractivity contribution in [1.82, 2.24) is 9.80 Å². The Bertz CT molecular complexity index is 368. The monoisotopic (exact) mass is 262 g/mol. The first-order chi connectivity index (χ1) is 9.20. The molecular weight excluding hydrogens is 236 g/mol. The van der Waals surface area contributed by atoms with Gasteiger partial charge in [-0.2, -0.15) is 0 Å². The number of hydrogen-bond donors (Lipinski definition) is 1. The van der Waals surface area contributed by atoms with Crippen LogP contribution in [0.2, 0.25) is 0 Å². The summed E-state index contributed by atoms with van der Waals surface area (Å²) >= 11 is 0. The Morgan fingerprint density at radius 3 is 2.68 bits per heavy atom. The van der Waals surface area contributed by atoms with E-state index in [9.17, 15) is 5.11 Å². The SMILES string of the molecule is CC1CCN(Cc2ccccc2)CC(CCO)N1C. The number of rotatable bonds is 4. The van der Waals surface area contributed by atoms with Crippen LogP contribution in [-0.4, -0.2) is 53.7 Å². The molecule has 1 aromatic rings. The van der Waals surface area contributed by atoms with Crippen molar-refractivity contribution >= 4 is 0 Å². The van der Waals surface area contributed by atoms with Crippen LogP contribution in [-0.2, 0) is 6.54 Å². The molecule has 0 radical (unpaired) electrons. The van der Waals surface area contributed by atoms with Crippen LogP contribution < -0.4 is 0 Å². The zero-order chi connectivity index (χ0) is 13.7. The van der Waals surface area contributed by atoms with E-state index in [0.29, 0.717) is 12.1 Å². The molecule has 0 aliphatic carbocycles. The summed E-state index contributed by atoms with van der Waals surface area (Å²) < 4.78 is 0. The predicted octanol–water partition coefficient (Wildman–Crippen LogP) is 1.96. The molecule has 3 heteroatoms. The second-order valence-corrected chi connectivity index (χ2v) is 5.69. The number of likely N-dealkylation sites (N-methyl/N-ethyl adjacent to an activating group) is 1. The highest BCUT2D eigenvalue weighted by Gasteiger charge is 2.26. The lowest BCUT2D eigenvalue weighted by atomic mass is 10.1. The predicted molar refractivity (Wildman–Crippen MR) is 79.1 cm³/mol. The van der Waals surface area contributed by atoms with Gasteiger partial charge in [0.05, 0.1) is 0 Å². The fourth-order valence-electron chi connectivity index (χ4n) is 2.88. The lowest BCUT2D eigenvalue weighted by Crippen LogP contribution is -2.42. The molecule has 19 heavy (non-hydrogen) atoms. The van der Waals surface area contributed by atoms with Gasteiger partial charge in [-0.15, -0.1) is 0 Å². The number of hydrogen-bond acceptors (Lipinski definition) is 3. The van der Waals surface area contributed by atoms with E-state index in [1.54, 1.807) is 0 Å². The quantitative estimate of drug-likeness (QED) is 0.898. The van der Waals surface area contributed by atoms with Gasteiger partial charge >= 0.3 is 0 Å². The highest BCUT2D eigenvalue weighted by Crippen LogP contribution is 2.18. The Morgan fingerprint density at radius 2 is 2.00 bits per heavy atom. The maximum atomic E-state index is 9.25. The lowest BCUT2D eigenvalue weighted by molar-refractivity contribution is 0.139. The molecule has 0 amide bonds. The minimum absolute atomic E-state index is 0.279. The minimum atomic E-state index is 0.279. The lowest BCUT2D eigenvalue weighted by Gasteiger charge is -2.31. The van der Waals surface area contributed by atoms with Gasteiger partial charge in [0.1, 0.15) is 0 Å². The summed E-state index contributed by atoms with van der Waals surface area (Å²) in [6.45, 7) is 5.78. The molecule has 0 saturated carbocycles. The van der Waals surface area contributed by atoms with Gasteiger partial charge in [0.15, 0.2) is 0 Å². The van der Waals surface area contributed by atoms with Crippen LogP contribution in [0, 0.1) is 0 Å². The molecule has 3 nitrogen and oxygen atoms in total. The van der Waals surface area contributed by atoms with Crippen molar-refractivity contribution in [2.24, 2.45) is 0 Å². The Morgan fingerprint density at radius 1 is 1.26 bits per heavy atom. The largest absolute Gasteiger partial charge is 0.396 e. The molecule has 106 valence electrons. The standard InChI is InChI=1S/C16H26N2O/c1-14-8-10-18(12-15-6-4-3-5-7-15)13-16(9-11-19)17(14)2/h3-7,14,16,19H,8-13H2,1-2H3. The molecule has 2 rings (SSSR count). The van der Waals surface area contributed by atoms with Crippen molar-refractivity contribution < 1.29 is 5.11 Å².